The summed E-state index contributed by atoms with van der Waals surface area (Å²) in [6.45, 7) is 0. The normalized spacial score (nSPS) is 16.1. The number of fused-ring (bicyclic) bond motifs is 1. The molecule has 0 bridgehead atoms. The average molecular weight is 499 g/mol. The number of aliphatic imine (C=N–C) groups is 1. The number of hydrogen-bond donors (Lipinski definition) is 1. The summed E-state index contributed by atoms with van der Waals surface area (Å²) in [5.74, 6) is -0.393. The third-order valence-electron chi connectivity index (χ3n) is 5.82. The molecule has 2 aliphatic rings. The lowest BCUT2D eigenvalue weighted by Gasteiger charge is -2.17. The van der Waals surface area contributed by atoms with Gasteiger partial charge in [-0.3, -0.25) is 14.5 Å². The van der Waals surface area contributed by atoms with E-state index in [0.717, 1.165) is 36.8 Å². The second-order valence-corrected chi connectivity index (χ2v) is 10.2. The highest BCUT2D eigenvalue weighted by atomic mass is 32.2. The predicted molar refractivity (Wildman–Crippen MR) is 143 cm³/mol. The summed E-state index contributed by atoms with van der Waals surface area (Å²) in [7, 11) is 0. The largest absolute Gasteiger partial charge is 0.316 e. The number of aryl methyl sites for hydroxylation is 1. The van der Waals surface area contributed by atoms with Crippen LogP contribution in [0.1, 0.15) is 34.4 Å². The lowest BCUT2D eigenvalue weighted by molar-refractivity contribution is -0.114. The Bertz CT molecular complexity index is 1370. The molecular weight excluding hydrogens is 476 g/mol. The second-order valence-electron chi connectivity index (χ2n) is 8.17. The SMILES string of the molecule is N#Cc1c(NC(=O)CSC2=N/C(=C/c3ccccc3)C(=O)N2c2ccccc2)sc2c1CCCC2. The number of carbonyl (C=O) groups excluding carboxylic acids is 2. The Balaban J connectivity index is 1.35. The number of hydrogen-bond acceptors (Lipinski definition) is 6. The molecule has 0 atom stereocenters. The molecule has 1 aromatic heterocycles. The van der Waals surface area contributed by atoms with Crippen molar-refractivity contribution >= 4 is 56.8 Å². The van der Waals surface area contributed by atoms with Gasteiger partial charge in [-0.15, -0.1) is 11.3 Å². The van der Waals surface area contributed by atoms with E-state index in [1.807, 2.05) is 60.7 Å². The highest BCUT2D eigenvalue weighted by Crippen LogP contribution is 2.38. The number of anilines is 2. The van der Waals surface area contributed by atoms with Crippen molar-refractivity contribution in [1.29, 1.82) is 5.26 Å². The topological polar surface area (TPSA) is 85.6 Å². The third-order valence-corrected chi connectivity index (χ3v) is 7.96. The molecule has 0 fully saturated rings. The molecule has 0 unspecified atom stereocenters. The van der Waals surface area contributed by atoms with Crippen LogP contribution < -0.4 is 10.2 Å². The number of thioether (sulfide) groups is 1. The molecule has 1 N–H and O–H groups in total. The highest BCUT2D eigenvalue weighted by Gasteiger charge is 2.32. The van der Waals surface area contributed by atoms with Gasteiger partial charge in [0, 0.05) is 4.88 Å². The summed E-state index contributed by atoms with van der Waals surface area (Å²) in [5, 5.41) is 13.6. The van der Waals surface area contributed by atoms with Gasteiger partial charge in [0.15, 0.2) is 5.17 Å². The van der Waals surface area contributed by atoms with Crippen molar-refractivity contribution in [2.24, 2.45) is 4.99 Å². The van der Waals surface area contributed by atoms with Crippen molar-refractivity contribution < 1.29 is 9.59 Å². The fourth-order valence-corrected chi connectivity index (χ4v) is 6.24. The molecule has 1 aliphatic carbocycles. The molecule has 35 heavy (non-hydrogen) atoms. The van der Waals surface area contributed by atoms with Crippen LogP contribution in [-0.4, -0.2) is 22.7 Å². The molecule has 2 heterocycles. The van der Waals surface area contributed by atoms with Crippen LogP contribution in [0.4, 0.5) is 10.7 Å². The molecule has 3 aromatic rings. The average Bonchev–Trinajstić information content (AvgIpc) is 3.40. The Labute approximate surface area is 212 Å². The number of amides is 2. The van der Waals surface area contributed by atoms with Gasteiger partial charge in [-0.05, 0) is 55.0 Å². The van der Waals surface area contributed by atoms with E-state index in [0.29, 0.717) is 27.1 Å². The van der Waals surface area contributed by atoms with E-state index in [2.05, 4.69) is 16.4 Å². The van der Waals surface area contributed by atoms with Crippen LogP contribution in [0.5, 0.6) is 0 Å². The van der Waals surface area contributed by atoms with Gasteiger partial charge in [0.05, 0.1) is 17.0 Å². The van der Waals surface area contributed by atoms with E-state index in [1.165, 1.54) is 32.9 Å². The molecule has 0 saturated carbocycles. The molecule has 0 radical (unpaired) electrons. The van der Waals surface area contributed by atoms with Crippen molar-refractivity contribution in [2.45, 2.75) is 25.7 Å². The van der Waals surface area contributed by atoms with Crippen molar-refractivity contribution in [1.82, 2.24) is 0 Å². The molecule has 174 valence electrons. The molecule has 5 rings (SSSR count). The zero-order valence-electron chi connectivity index (χ0n) is 18.9. The first kappa shape index (κ1) is 23.1. The fraction of sp³-hybridized carbons (Fsp3) is 0.185. The summed E-state index contributed by atoms with van der Waals surface area (Å²) in [6.07, 6.45) is 5.79. The van der Waals surface area contributed by atoms with Gasteiger partial charge >= 0.3 is 0 Å². The molecular formula is C27H22N4O2S2. The number of carbonyl (C=O) groups is 2. The molecule has 1 aliphatic heterocycles. The van der Waals surface area contributed by atoms with Crippen molar-refractivity contribution in [3.8, 4) is 6.07 Å². The molecule has 0 spiro atoms. The van der Waals surface area contributed by atoms with E-state index in [4.69, 9.17) is 0 Å². The number of thiophene rings is 1. The van der Waals surface area contributed by atoms with Gasteiger partial charge in [-0.25, -0.2) is 4.99 Å². The van der Waals surface area contributed by atoms with E-state index in [-0.39, 0.29) is 17.6 Å². The zero-order chi connectivity index (χ0) is 24.2. The Morgan fingerprint density at radius 1 is 1.11 bits per heavy atom. The summed E-state index contributed by atoms with van der Waals surface area (Å²) >= 11 is 2.71. The Hall–Kier alpha value is -3.67. The first-order valence-electron chi connectivity index (χ1n) is 11.4. The molecule has 2 aromatic carbocycles. The molecule has 6 nitrogen and oxygen atoms in total. The summed E-state index contributed by atoms with van der Waals surface area (Å²) in [5.41, 5.74) is 3.57. The van der Waals surface area contributed by atoms with Crippen LogP contribution in [0.15, 0.2) is 71.4 Å². The van der Waals surface area contributed by atoms with E-state index in [1.54, 1.807) is 6.08 Å². The number of rotatable bonds is 5. The maximum absolute atomic E-state index is 13.2. The summed E-state index contributed by atoms with van der Waals surface area (Å²) in [6, 6.07) is 21.1. The van der Waals surface area contributed by atoms with Crippen LogP contribution in [-0.2, 0) is 22.4 Å². The zero-order valence-corrected chi connectivity index (χ0v) is 20.5. The first-order chi connectivity index (χ1) is 17.1. The van der Waals surface area contributed by atoms with E-state index < -0.39 is 0 Å². The molecule has 2 amide bonds. The van der Waals surface area contributed by atoms with Gasteiger partial charge in [0.1, 0.15) is 16.8 Å². The number of amidine groups is 1. The van der Waals surface area contributed by atoms with Crippen molar-refractivity contribution in [3.63, 3.8) is 0 Å². The lowest BCUT2D eigenvalue weighted by Crippen LogP contribution is -2.31. The lowest BCUT2D eigenvalue weighted by atomic mass is 9.96. The van der Waals surface area contributed by atoms with E-state index >= 15 is 0 Å². The quantitative estimate of drug-likeness (QED) is 0.463. The van der Waals surface area contributed by atoms with Gasteiger partial charge in [-0.2, -0.15) is 5.26 Å². The van der Waals surface area contributed by atoms with Gasteiger partial charge in [-0.1, -0.05) is 60.3 Å². The first-order valence-corrected chi connectivity index (χ1v) is 13.2. The summed E-state index contributed by atoms with van der Waals surface area (Å²) in [4.78, 5) is 33.4. The van der Waals surface area contributed by atoms with Crippen LogP contribution in [0.3, 0.4) is 0 Å². The monoisotopic (exact) mass is 498 g/mol. The minimum absolute atomic E-state index is 0.0709. The molecule has 8 heteroatoms. The predicted octanol–water partition coefficient (Wildman–Crippen LogP) is 5.61. The minimum atomic E-state index is -0.236. The number of nitriles is 1. The second kappa shape index (κ2) is 10.3. The van der Waals surface area contributed by atoms with Gasteiger partial charge in [0.2, 0.25) is 5.91 Å². The van der Waals surface area contributed by atoms with Crippen LogP contribution in [0.25, 0.3) is 6.08 Å². The van der Waals surface area contributed by atoms with Gasteiger partial charge in [0.25, 0.3) is 5.91 Å². The number of nitrogens with zero attached hydrogens (tertiary/aromatic N) is 3. The highest BCUT2D eigenvalue weighted by molar-refractivity contribution is 8.14. The number of para-hydroxylation sites is 1. The molecule has 0 saturated heterocycles. The summed E-state index contributed by atoms with van der Waals surface area (Å²) < 4.78 is 0. The standard InChI is InChI=1S/C27H22N4O2S2/c28-16-21-20-13-7-8-14-23(20)35-25(21)30-24(32)17-34-27-29-22(15-18-9-3-1-4-10-18)26(33)31(27)19-11-5-2-6-12-19/h1-6,9-12,15H,7-8,13-14,17H2,(H,30,32)/b22-15+. The fourth-order valence-electron chi connectivity index (χ4n) is 4.17. The Kier molecular flexibility index (Phi) is 6.80. The number of benzene rings is 2. The maximum atomic E-state index is 13.2. The minimum Gasteiger partial charge on any atom is -0.316 e. The van der Waals surface area contributed by atoms with Crippen LogP contribution in [0.2, 0.25) is 0 Å². The van der Waals surface area contributed by atoms with Crippen LogP contribution >= 0.6 is 23.1 Å². The smallest absolute Gasteiger partial charge is 0.283 e. The Morgan fingerprint density at radius 3 is 2.57 bits per heavy atom. The Morgan fingerprint density at radius 2 is 1.83 bits per heavy atom. The maximum Gasteiger partial charge on any atom is 0.283 e. The van der Waals surface area contributed by atoms with Gasteiger partial charge < -0.3 is 5.32 Å². The third kappa shape index (κ3) is 4.92. The van der Waals surface area contributed by atoms with Crippen molar-refractivity contribution in [3.05, 3.63) is 87.9 Å². The van der Waals surface area contributed by atoms with E-state index in [9.17, 15) is 14.9 Å². The van der Waals surface area contributed by atoms with Crippen molar-refractivity contribution in [2.75, 3.05) is 16.0 Å². The number of nitrogens with one attached hydrogen (secondary N) is 1. The van der Waals surface area contributed by atoms with Crippen LogP contribution in [0, 0.1) is 11.3 Å².